The van der Waals surface area contributed by atoms with E-state index >= 15 is 0 Å². The van der Waals surface area contributed by atoms with Crippen molar-refractivity contribution in [3.8, 4) is 0 Å². The number of carbonyl (C=O) groups excluding carboxylic acids is 1. The van der Waals surface area contributed by atoms with Crippen LogP contribution < -0.4 is 11.1 Å². The van der Waals surface area contributed by atoms with Crippen LogP contribution in [0.1, 0.15) is 29.6 Å². The molecule has 1 amide bonds. The number of amides is 1. The minimum absolute atomic E-state index is 0.203. The maximum absolute atomic E-state index is 13.3. The number of halogens is 1. The Kier molecular flexibility index (Phi) is 6.93. The smallest absolute Gasteiger partial charge is 0.295 e. The van der Waals surface area contributed by atoms with Crippen LogP contribution in [0.25, 0.3) is 0 Å². The number of nitro groups is 1. The Labute approximate surface area is 126 Å². The molecule has 0 atom stereocenters. The molecule has 0 bridgehead atoms. The second-order valence-electron chi connectivity index (χ2n) is 4.45. The topological polar surface area (TPSA) is 98.3 Å². The first kappa shape index (κ1) is 17.2. The molecule has 0 heterocycles. The predicted molar refractivity (Wildman–Crippen MR) is 82.0 cm³/mol. The lowest BCUT2D eigenvalue weighted by atomic mass is 10.1. The number of nitro benzene ring substituents is 1. The van der Waals surface area contributed by atoms with Gasteiger partial charge in [0.1, 0.15) is 11.5 Å². The van der Waals surface area contributed by atoms with Crippen LogP contribution in [0.2, 0.25) is 0 Å². The van der Waals surface area contributed by atoms with Gasteiger partial charge in [-0.1, -0.05) is 6.42 Å². The summed E-state index contributed by atoms with van der Waals surface area (Å²) in [6, 6.07) is 1.61. The summed E-state index contributed by atoms with van der Waals surface area (Å²) < 4.78 is 13.3. The Bertz CT molecular complexity index is 526. The summed E-state index contributed by atoms with van der Waals surface area (Å²) in [6.07, 6.45) is 4.86. The average molecular weight is 315 g/mol. The third-order valence-corrected chi connectivity index (χ3v) is 3.57. The van der Waals surface area contributed by atoms with Crippen LogP contribution in [0.4, 0.5) is 15.8 Å². The summed E-state index contributed by atoms with van der Waals surface area (Å²) in [5.74, 6) is -0.391. The van der Waals surface area contributed by atoms with Gasteiger partial charge in [0.25, 0.3) is 11.6 Å². The van der Waals surface area contributed by atoms with Gasteiger partial charge in [0.2, 0.25) is 0 Å². The summed E-state index contributed by atoms with van der Waals surface area (Å²) in [4.78, 5) is 21.8. The van der Waals surface area contributed by atoms with Gasteiger partial charge in [-0.25, -0.2) is 4.39 Å². The monoisotopic (exact) mass is 315 g/mol. The number of hydrogen-bond acceptors (Lipinski definition) is 5. The van der Waals surface area contributed by atoms with Crippen LogP contribution in [0.3, 0.4) is 0 Å². The van der Waals surface area contributed by atoms with Gasteiger partial charge in [0.05, 0.1) is 16.6 Å². The highest BCUT2D eigenvalue weighted by molar-refractivity contribution is 7.98. The van der Waals surface area contributed by atoms with E-state index in [0.717, 1.165) is 31.1 Å². The molecule has 0 radical (unpaired) electrons. The van der Waals surface area contributed by atoms with Gasteiger partial charge in [0.15, 0.2) is 0 Å². The Morgan fingerprint density at radius 2 is 2.14 bits per heavy atom. The lowest BCUT2D eigenvalue weighted by Gasteiger charge is -2.08. The minimum Gasteiger partial charge on any atom is -0.393 e. The largest absolute Gasteiger partial charge is 0.393 e. The number of nitrogens with one attached hydrogen (secondary N) is 1. The summed E-state index contributed by atoms with van der Waals surface area (Å²) in [5.41, 5.74) is 4.43. The van der Waals surface area contributed by atoms with Crippen molar-refractivity contribution in [3.05, 3.63) is 33.6 Å². The van der Waals surface area contributed by atoms with E-state index in [1.807, 2.05) is 6.26 Å². The fraction of sp³-hybridized carbons (Fsp3) is 0.462. The van der Waals surface area contributed by atoms with Crippen LogP contribution in [-0.4, -0.2) is 29.4 Å². The first-order valence-corrected chi connectivity index (χ1v) is 7.87. The van der Waals surface area contributed by atoms with Crippen molar-refractivity contribution in [1.82, 2.24) is 5.32 Å². The van der Waals surface area contributed by atoms with Crippen LogP contribution in [0, 0.1) is 15.9 Å². The van der Waals surface area contributed by atoms with Gasteiger partial charge in [-0.05, 0) is 30.9 Å². The Balaban J connectivity index is 2.64. The van der Waals surface area contributed by atoms with Crippen molar-refractivity contribution >= 4 is 29.0 Å². The highest BCUT2D eigenvalue weighted by Crippen LogP contribution is 2.26. The molecule has 0 aliphatic rings. The highest BCUT2D eigenvalue weighted by atomic mass is 32.2. The molecule has 6 nitrogen and oxygen atoms in total. The molecule has 1 aromatic rings. The Morgan fingerprint density at radius 3 is 2.76 bits per heavy atom. The van der Waals surface area contributed by atoms with Gasteiger partial charge in [-0.2, -0.15) is 11.8 Å². The van der Waals surface area contributed by atoms with Crippen molar-refractivity contribution in [3.63, 3.8) is 0 Å². The van der Waals surface area contributed by atoms with E-state index in [1.165, 1.54) is 0 Å². The molecular formula is C13H18FN3O3S. The molecule has 0 saturated carbocycles. The number of anilines is 1. The fourth-order valence-electron chi connectivity index (χ4n) is 1.79. The van der Waals surface area contributed by atoms with E-state index in [1.54, 1.807) is 11.8 Å². The third kappa shape index (κ3) is 5.22. The second-order valence-corrected chi connectivity index (χ2v) is 5.44. The molecule has 116 valence electrons. The van der Waals surface area contributed by atoms with E-state index in [0.29, 0.717) is 12.6 Å². The van der Waals surface area contributed by atoms with E-state index in [9.17, 15) is 19.3 Å². The molecule has 3 N–H and O–H groups in total. The summed E-state index contributed by atoms with van der Waals surface area (Å²) in [5, 5.41) is 13.3. The Hall–Kier alpha value is -1.83. The minimum atomic E-state index is -0.860. The zero-order chi connectivity index (χ0) is 15.8. The van der Waals surface area contributed by atoms with E-state index in [-0.39, 0.29) is 11.3 Å². The second kappa shape index (κ2) is 8.46. The van der Waals surface area contributed by atoms with E-state index in [4.69, 9.17) is 5.73 Å². The van der Waals surface area contributed by atoms with Crippen molar-refractivity contribution in [2.45, 2.75) is 19.3 Å². The lowest BCUT2D eigenvalue weighted by molar-refractivity contribution is -0.384. The number of carbonyl (C=O) groups is 1. The normalized spacial score (nSPS) is 10.4. The molecule has 1 aromatic carbocycles. The fourth-order valence-corrected chi connectivity index (χ4v) is 2.28. The number of unbranched alkanes of at least 4 members (excludes halogenated alkanes) is 2. The molecule has 0 unspecified atom stereocenters. The Morgan fingerprint density at radius 1 is 1.43 bits per heavy atom. The number of nitrogens with two attached hydrogens (primary N) is 1. The summed E-state index contributed by atoms with van der Waals surface area (Å²) >= 11 is 1.76. The SMILES string of the molecule is CSCCCCCNC(=O)c1cc(F)cc([N+](=O)[O-])c1N. The van der Waals surface area contributed by atoms with Gasteiger partial charge in [0, 0.05) is 6.54 Å². The molecule has 0 aliphatic heterocycles. The molecule has 0 saturated heterocycles. The molecule has 8 heteroatoms. The number of thioether (sulfide) groups is 1. The number of hydrogen-bond donors (Lipinski definition) is 2. The van der Waals surface area contributed by atoms with Crippen molar-refractivity contribution in [2.24, 2.45) is 0 Å². The molecule has 0 fully saturated rings. The van der Waals surface area contributed by atoms with Gasteiger partial charge in [-0.3, -0.25) is 14.9 Å². The van der Waals surface area contributed by atoms with Gasteiger partial charge >= 0.3 is 0 Å². The van der Waals surface area contributed by atoms with Crippen LogP contribution in [-0.2, 0) is 0 Å². The number of nitrogen functional groups attached to an aromatic ring is 1. The zero-order valence-electron chi connectivity index (χ0n) is 11.7. The van der Waals surface area contributed by atoms with Gasteiger partial charge in [-0.15, -0.1) is 0 Å². The van der Waals surface area contributed by atoms with E-state index < -0.39 is 22.3 Å². The lowest BCUT2D eigenvalue weighted by Crippen LogP contribution is -2.25. The third-order valence-electron chi connectivity index (χ3n) is 2.88. The first-order valence-electron chi connectivity index (χ1n) is 6.48. The van der Waals surface area contributed by atoms with Crippen LogP contribution in [0.15, 0.2) is 12.1 Å². The average Bonchev–Trinajstić information content (AvgIpc) is 2.44. The molecule has 21 heavy (non-hydrogen) atoms. The predicted octanol–water partition coefficient (Wildman–Crippen LogP) is 2.58. The summed E-state index contributed by atoms with van der Waals surface area (Å²) in [6.45, 7) is 0.428. The number of benzene rings is 1. The zero-order valence-corrected chi connectivity index (χ0v) is 12.5. The van der Waals surface area contributed by atoms with Crippen LogP contribution >= 0.6 is 11.8 Å². The molecule has 0 aliphatic carbocycles. The highest BCUT2D eigenvalue weighted by Gasteiger charge is 2.21. The molecule has 0 spiro atoms. The van der Waals surface area contributed by atoms with E-state index in [2.05, 4.69) is 5.32 Å². The quantitative estimate of drug-likeness (QED) is 0.332. The van der Waals surface area contributed by atoms with Crippen molar-refractivity contribution in [1.29, 1.82) is 0 Å². The first-order chi connectivity index (χ1) is 9.97. The van der Waals surface area contributed by atoms with Crippen molar-refractivity contribution in [2.75, 3.05) is 24.3 Å². The van der Waals surface area contributed by atoms with Crippen LogP contribution in [0.5, 0.6) is 0 Å². The maximum Gasteiger partial charge on any atom is 0.295 e. The summed E-state index contributed by atoms with van der Waals surface area (Å²) in [7, 11) is 0. The molecular weight excluding hydrogens is 297 g/mol. The molecule has 0 aromatic heterocycles. The number of nitrogens with zero attached hydrogens (tertiary/aromatic N) is 1. The maximum atomic E-state index is 13.3. The van der Waals surface area contributed by atoms with Gasteiger partial charge < -0.3 is 11.1 Å². The number of rotatable bonds is 8. The molecule has 1 rings (SSSR count). The van der Waals surface area contributed by atoms with Crippen molar-refractivity contribution < 1.29 is 14.1 Å². The standard InChI is InChI=1S/C13H18FN3O3S/c1-21-6-4-2-3-5-16-13(18)10-7-9(14)8-11(12(10)15)17(19)20/h7-8H,2-6,15H2,1H3,(H,16,18).